The van der Waals surface area contributed by atoms with Crippen LogP contribution in [0.15, 0.2) is 24.3 Å². The molecule has 29 heteroatoms. The van der Waals surface area contributed by atoms with Gasteiger partial charge in [-0.1, -0.05) is 7.43 Å². The van der Waals surface area contributed by atoms with Crippen LogP contribution in [0, 0.1) is 0 Å². The smallest absolute Gasteiger partial charge is 0.328 e. The van der Waals surface area contributed by atoms with Gasteiger partial charge in [-0.3, -0.25) is 52.7 Å². The lowest BCUT2D eigenvalue weighted by atomic mass is 10.2. The minimum atomic E-state index is -1.13. The number of carbonyl (C=O) groups excluding carboxylic acids is 7. The molecule has 16 N–H and O–H groups in total. The Labute approximate surface area is 399 Å². The molecule has 4 unspecified atom stereocenters. The van der Waals surface area contributed by atoms with E-state index in [4.69, 9.17) is 25.5 Å². The van der Waals surface area contributed by atoms with Crippen molar-refractivity contribution in [3.63, 3.8) is 0 Å². The van der Waals surface area contributed by atoms with Crippen LogP contribution in [0.2, 0.25) is 0 Å². The Morgan fingerprint density at radius 1 is 0.591 bits per heavy atom. The Bertz CT molecular complexity index is 1420. The van der Waals surface area contributed by atoms with E-state index in [0.29, 0.717) is 0 Å². The quantitative estimate of drug-likeness (QED) is 0.0366. The summed E-state index contributed by atoms with van der Waals surface area (Å²) in [4.78, 5) is 124. The molecule has 0 bridgehead atoms. The van der Waals surface area contributed by atoms with Crippen molar-refractivity contribution < 1.29 is 88.5 Å². The SMILES string of the molecule is C.CN.CNC(=O)/C=C\C(=O)O.CNC(=O)C(CC(=O)O)NC.CNC(=O)C(CC(=O)O)SC.CNC(=O)CC(NC)C(=O)O.CNC(=O)CC(SC)C(=O)O.CS.O.O=C1C=CC(=O)C1. The van der Waals surface area contributed by atoms with E-state index in [2.05, 4.69) is 55.6 Å². The lowest BCUT2D eigenvalue weighted by Crippen LogP contribution is -2.42. The fraction of sp³-hybridized carbons (Fsp3) is 0.568. The van der Waals surface area contributed by atoms with Crippen molar-refractivity contribution in [2.75, 3.05) is 75.1 Å². The fourth-order valence-electron chi connectivity index (χ4n) is 3.13. The summed E-state index contributed by atoms with van der Waals surface area (Å²) in [5.41, 5.74) is 4.50. The number of amides is 5. The predicted molar refractivity (Wildman–Crippen MR) is 256 cm³/mol. The molecule has 66 heavy (non-hydrogen) atoms. The number of rotatable bonds is 18. The number of hydrogen-bond acceptors (Lipinski definition) is 18. The van der Waals surface area contributed by atoms with Gasteiger partial charge in [0.25, 0.3) is 0 Å². The lowest BCUT2D eigenvalue weighted by molar-refractivity contribution is -0.141. The fourth-order valence-corrected chi connectivity index (χ4v) is 4.29. The van der Waals surface area contributed by atoms with Gasteiger partial charge in [0.2, 0.25) is 29.5 Å². The normalized spacial score (nSPS) is 11.6. The second kappa shape index (κ2) is 55.5. The van der Waals surface area contributed by atoms with E-state index in [-0.39, 0.29) is 80.2 Å². The molecule has 0 heterocycles. The van der Waals surface area contributed by atoms with Gasteiger partial charge in [0.1, 0.15) is 11.3 Å². The largest absolute Gasteiger partial charge is 0.481 e. The summed E-state index contributed by atoms with van der Waals surface area (Å²) in [5, 5.41) is 57.4. The average Bonchev–Trinajstić information content (AvgIpc) is 3.67. The third-order valence-corrected chi connectivity index (χ3v) is 8.31. The van der Waals surface area contributed by atoms with E-state index in [1.165, 1.54) is 73.2 Å². The molecule has 0 saturated heterocycles. The van der Waals surface area contributed by atoms with Crippen LogP contribution in [0.5, 0.6) is 0 Å². The first-order valence-corrected chi connectivity index (χ1v) is 21.4. The van der Waals surface area contributed by atoms with Gasteiger partial charge in [-0.05, 0) is 52.1 Å². The molecule has 0 aromatic carbocycles. The monoisotopic (exact) mass is 1010 g/mol. The summed E-state index contributed by atoms with van der Waals surface area (Å²) in [6, 6.07) is -1.44. The summed E-state index contributed by atoms with van der Waals surface area (Å²) in [5.74, 6) is -6.68. The molecule has 0 aromatic rings. The molecule has 26 nitrogen and oxygen atoms in total. The third-order valence-electron chi connectivity index (χ3n) is 6.43. The molecule has 386 valence electrons. The molecule has 0 aliphatic heterocycles. The maximum Gasteiger partial charge on any atom is 0.328 e. The highest BCUT2D eigenvalue weighted by atomic mass is 32.2. The molecule has 1 aliphatic rings. The van der Waals surface area contributed by atoms with Crippen molar-refractivity contribution in [1.82, 2.24) is 37.2 Å². The molecule has 1 rings (SSSR count). The number of carboxylic acid groups (broad SMARTS) is 5. The van der Waals surface area contributed by atoms with Gasteiger partial charge in [0.15, 0.2) is 11.6 Å². The highest BCUT2D eigenvalue weighted by molar-refractivity contribution is 8.00. The Morgan fingerprint density at radius 3 is 1.23 bits per heavy atom. The van der Waals surface area contributed by atoms with Gasteiger partial charge in [-0.25, -0.2) is 4.79 Å². The third kappa shape index (κ3) is 56.4. The summed E-state index contributed by atoms with van der Waals surface area (Å²) < 4.78 is 0. The van der Waals surface area contributed by atoms with Crippen LogP contribution in [-0.4, -0.2) is 200 Å². The van der Waals surface area contributed by atoms with E-state index >= 15 is 0 Å². The van der Waals surface area contributed by atoms with Crippen LogP contribution >= 0.6 is 36.2 Å². The molecular weight excluding hydrogens is 941 g/mol. The van der Waals surface area contributed by atoms with Crippen LogP contribution in [-0.2, 0) is 57.5 Å². The van der Waals surface area contributed by atoms with E-state index in [9.17, 15) is 57.5 Å². The number of aliphatic carboxylic acids is 5. The number of likely N-dealkylation sites (N-methyl/N-ethyl adjacent to an activating group) is 4. The molecule has 5 amide bonds. The van der Waals surface area contributed by atoms with Crippen molar-refractivity contribution >= 4 is 107 Å². The zero-order valence-corrected chi connectivity index (χ0v) is 40.7. The number of thiol groups is 1. The van der Waals surface area contributed by atoms with Crippen molar-refractivity contribution in [2.24, 2.45) is 5.73 Å². The second-order valence-electron chi connectivity index (χ2n) is 10.7. The molecule has 0 spiro atoms. The summed E-state index contributed by atoms with van der Waals surface area (Å²) >= 11 is 5.93. The number of allylic oxidation sites excluding steroid dienone is 2. The molecule has 1 aliphatic carbocycles. The molecule has 0 radical (unpaired) electrons. The number of carbonyl (C=O) groups is 12. The number of thioether (sulfide) groups is 2. The molecule has 0 fully saturated rings. The molecule has 0 aromatic heterocycles. The van der Waals surface area contributed by atoms with Gasteiger partial charge in [0, 0.05) is 53.8 Å². The standard InChI is InChI=1S/2C6H12N2O3.2C6H11NO3S.C5H7NO3.C5H4O2.CH5N.CH4S.CH4.H2O/c1-7-4(3-5(9)10)6(11)8-2;1-7-4(6(10)11)3-5(9)8-2;1-7-6(10)4(11-2)3-5(8)9;1-7-5(8)3-4(11-2)6(9)10;1-6-4(7)2-3-5(8)9;6-4-1-2-5(7)3-4;2*1-2;;/h4,7H,3H2,1-2H3,(H,8,11)(H,9,10);4,7H,3H2,1-2H3,(H,8,9)(H,10,11);4H,3H2,1-2H3,(H,7,10)(H,8,9);4H,3H2,1-2H3,(H,7,8)(H,9,10);2-3H,1H3,(H,6,7)(H,8,9);1-2H,3H2;2H2,1H3;2H,1H3;1H4;1H2/b;;;;3-2-;;;;;. The van der Waals surface area contributed by atoms with Crippen LogP contribution in [0.3, 0.4) is 0 Å². The molecule has 0 saturated carbocycles. The minimum absolute atomic E-state index is 0. The topological polar surface area (TPSA) is 448 Å². The first kappa shape index (κ1) is 80.7. The predicted octanol–water partition coefficient (Wildman–Crippen LogP) is -3.14. The van der Waals surface area contributed by atoms with Crippen molar-refractivity contribution in [3.8, 4) is 0 Å². The van der Waals surface area contributed by atoms with Crippen LogP contribution < -0.4 is 43.0 Å². The van der Waals surface area contributed by atoms with E-state index in [1.54, 1.807) is 25.8 Å². The first-order chi connectivity index (χ1) is 29.9. The summed E-state index contributed by atoms with van der Waals surface area (Å²) in [6.45, 7) is 0. The number of nitrogens with one attached hydrogen (secondary N) is 7. The number of nitrogens with two attached hydrogens (primary N) is 1. The zero-order chi connectivity index (χ0) is 52.0. The maximum atomic E-state index is 10.9. The van der Waals surface area contributed by atoms with E-state index in [0.717, 1.165) is 23.9 Å². The molecule has 4 atom stereocenters. The second-order valence-corrected chi connectivity index (χ2v) is 12.8. The van der Waals surface area contributed by atoms with Gasteiger partial charge in [-0.15, -0.1) is 11.8 Å². The Morgan fingerprint density at radius 2 is 0.985 bits per heavy atom. The van der Waals surface area contributed by atoms with E-state index in [1.807, 2.05) is 0 Å². The molecular formula is C37H72N8O18S3. The van der Waals surface area contributed by atoms with Crippen LogP contribution in [0.4, 0.5) is 0 Å². The van der Waals surface area contributed by atoms with Crippen LogP contribution in [0.1, 0.15) is 39.5 Å². The zero-order valence-electron chi connectivity index (χ0n) is 38.1. The summed E-state index contributed by atoms with van der Waals surface area (Å²) in [6.07, 6.45) is 9.17. The van der Waals surface area contributed by atoms with Gasteiger partial charge in [-0.2, -0.15) is 24.4 Å². The average molecular weight is 1010 g/mol. The highest BCUT2D eigenvalue weighted by Gasteiger charge is 2.20. The number of carboxylic acids is 5. The lowest BCUT2D eigenvalue weighted by Gasteiger charge is -2.10. The first-order valence-electron chi connectivity index (χ1n) is 17.9. The Kier molecular flexibility index (Phi) is 67.9. The van der Waals surface area contributed by atoms with Gasteiger partial charge in [0.05, 0.1) is 37.0 Å². The number of ketones is 2. The maximum absolute atomic E-state index is 10.9. The van der Waals surface area contributed by atoms with Gasteiger partial charge < -0.3 is 74.0 Å². The van der Waals surface area contributed by atoms with Crippen molar-refractivity contribution in [3.05, 3.63) is 24.3 Å². The van der Waals surface area contributed by atoms with E-state index < -0.39 is 58.3 Å². The Balaban J connectivity index is -0.0000000829. The minimum Gasteiger partial charge on any atom is -0.481 e. The summed E-state index contributed by atoms with van der Waals surface area (Å²) in [7, 11) is 11.9. The Hall–Kier alpha value is -5.59. The van der Waals surface area contributed by atoms with Crippen molar-refractivity contribution in [2.45, 2.75) is 62.1 Å². The van der Waals surface area contributed by atoms with Crippen LogP contribution in [0.25, 0.3) is 0 Å². The van der Waals surface area contributed by atoms with Gasteiger partial charge >= 0.3 is 29.8 Å². The number of hydrogen-bond donors (Lipinski definition) is 14. The highest BCUT2D eigenvalue weighted by Crippen LogP contribution is 2.11. The van der Waals surface area contributed by atoms with Crippen molar-refractivity contribution in [1.29, 1.82) is 0 Å².